The lowest BCUT2D eigenvalue weighted by molar-refractivity contribution is -0.157. The van der Waals surface area contributed by atoms with Crippen LogP contribution in [-0.4, -0.2) is 55.0 Å². The average Bonchev–Trinajstić information content (AvgIpc) is 2.43. The number of nitrogens with zero attached hydrogens (tertiary/aromatic N) is 1. The first-order valence-corrected chi connectivity index (χ1v) is 7.40. The first kappa shape index (κ1) is 17.8. The average molecular weight is 301 g/mol. The molecule has 1 aliphatic rings. The van der Waals surface area contributed by atoms with Crippen LogP contribution in [-0.2, 0) is 19.0 Å². The minimum absolute atomic E-state index is 0.0449. The molecule has 6 heteroatoms. The van der Waals surface area contributed by atoms with E-state index in [0.29, 0.717) is 25.9 Å². The monoisotopic (exact) mass is 301 g/mol. The van der Waals surface area contributed by atoms with Gasteiger partial charge in [-0.2, -0.15) is 0 Å². The summed E-state index contributed by atoms with van der Waals surface area (Å²) in [6.07, 6.45) is 1.89. The number of hydrogen-bond donors (Lipinski definition) is 0. The molecule has 1 saturated heterocycles. The second-order valence-electron chi connectivity index (χ2n) is 6.37. The van der Waals surface area contributed by atoms with Gasteiger partial charge >= 0.3 is 12.1 Å². The topological polar surface area (TPSA) is 65.1 Å². The van der Waals surface area contributed by atoms with Gasteiger partial charge in [0, 0.05) is 13.1 Å². The summed E-state index contributed by atoms with van der Waals surface area (Å²) in [7, 11) is 1.34. The van der Waals surface area contributed by atoms with Crippen LogP contribution in [0.3, 0.4) is 0 Å². The molecule has 0 saturated carbocycles. The van der Waals surface area contributed by atoms with Crippen molar-refractivity contribution in [2.45, 2.75) is 58.2 Å². The first-order chi connectivity index (χ1) is 9.71. The highest BCUT2D eigenvalue weighted by atomic mass is 16.6. The molecule has 0 radical (unpaired) electrons. The van der Waals surface area contributed by atoms with Crippen molar-refractivity contribution < 1.29 is 23.8 Å². The van der Waals surface area contributed by atoms with Gasteiger partial charge in [-0.3, -0.25) is 0 Å². The maximum atomic E-state index is 12.0. The van der Waals surface area contributed by atoms with E-state index in [0.717, 1.165) is 6.42 Å². The van der Waals surface area contributed by atoms with Crippen LogP contribution in [0.15, 0.2) is 0 Å². The van der Waals surface area contributed by atoms with Crippen LogP contribution in [0.5, 0.6) is 0 Å². The third kappa shape index (κ3) is 5.53. The lowest BCUT2D eigenvalue weighted by atomic mass is 9.88. The van der Waals surface area contributed by atoms with Crippen molar-refractivity contribution in [3.05, 3.63) is 0 Å². The van der Waals surface area contributed by atoms with Crippen LogP contribution in [0, 0.1) is 0 Å². The van der Waals surface area contributed by atoms with E-state index in [1.807, 2.05) is 27.7 Å². The van der Waals surface area contributed by atoms with Crippen LogP contribution in [0.1, 0.15) is 47.0 Å². The van der Waals surface area contributed by atoms with Crippen LogP contribution < -0.4 is 0 Å². The third-order valence-corrected chi connectivity index (χ3v) is 3.69. The second-order valence-corrected chi connectivity index (χ2v) is 6.37. The van der Waals surface area contributed by atoms with Gasteiger partial charge in [0.25, 0.3) is 0 Å². The molecule has 6 nitrogen and oxygen atoms in total. The fraction of sp³-hybridized carbons (Fsp3) is 0.867. The number of rotatable bonds is 4. The molecule has 1 amide bonds. The second kappa shape index (κ2) is 7.11. The fourth-order valence-corrected chi connectivity index (χ4v) is 2.29. The molecule has 1 fully saturated rings. The normalized spacial score (nSPS) is 18.2. The summed E-state index contributed by atoms with van der Waals surface area (Å²) in [5, 5.41) is 0. The van der Waals surface area contributed by atoms with Crippen molar-refractivity contribution in [1.82, 2.24) is 4.90 Å². The molecular formula is C15H27NO5. The third-order valence-electron chi connectivity index (χ3n) is 3.69. The quantitative estimate of drug-likeness (QED) is 0.746. The summed E-state index contributed by atoms with van der Waals surface area (Å²) < 4.78 is 15.7. The van der Waals surface area contributed by atoms with Crippen LogP contribution in [0.2, 0.25) is 0 Å². The maximum absolute atomic E-state index is 12.0. The molecular weight excluding hydrogens is 274 g/mol. The molecule has 21 heavy (non-hydrogen) atoms. The van der Waals surface area contributed by atoms with Gasteiger partial charge in [0.2, 0.25) is 0 Å². The molecule has 122 valence electrons. The molecule has 0 spiro atoms. The number of piperidine rings is 1. The number of carbonyl (C=O) groups is 2. The molecule has 0 bridgehead atoms. The largest absolute Gasteiger partial charge is 0.467 e. The van der Waals surface area contributed by atoms with E-state index in [2.05, 4.69) is 4.74 Å². The number of methoxy groups -OCH3 is 1. The van der Waals surface area contributed by atoms with Gasteiger partial charge in [-0.25, -0.2) is 9.59 Å². The number of likely N-dealkylation sites (tertiary alicyclic amines) is 1. The summed E-state index contributed by atoms with van der Waals surface area (Å²) in [5.74, 6) is -0.377. The molecule has 0 aliphatic carbocycles. The number of carbonyl (C=O) groups excluding carboxylic acids is 2. The van der Waals surface area contributed by atoms with Gasteiger partial charge in [0.1, 0.15) is 12.2 Å². The van der Waals surface area contributed by atoms with Crippen molar-refractivity contribution in [3.8, 4) is 0 Å². The number of hydrogen-bond acceptors (Lipinski definition) is 5. The summed E-state index contributed by atoms with van der Waals surface area (Å²) in [6, 6.07) is 0. The zero-order chi connectivity index (χ0) is 16.1. The van der Waals surface area contributed by atoms with E-state index < -0.39 is 5.60 Å². The van der Waals surface area contributed by atoms with Crippen molar-refractivity contribution in [1.29, 1.82) is 0 Å². The van der Waals surface area contributed by atoms with Gasteiger partial charge in [0.05, 0.1) is 12.7 Å². The molecule has 0 atom stereocenters. The number of amides is 1. The molecule has 1 rings (SSSR count). The predicted molar refractivity (Wildman–Crippen MR) is 78.0 cm³/mol. The van der Waals surface area contributed by atoms with Crippen molar-refractivity contribution in [2.24, 2.45) is 0 Å². The smallest absolute Gasteiger partial charge is 0.410 e. The Morgan fingerprint density at radius 3 is 2.19 bits per heavy atom. The van der Waals surface area contributed by atoms with Gasteiger partial charge < -0.3 is 19.1 Å². The van der Waals surface area contributed by atoms with Crippen molar-refractivity contribution >= 4 is 12.1 Å². The Bertz CT molecular complexity index is 367. The molecule has 1 aliphatic heterocycles. The minimum Gasteiger partial charge on any atom is -0.467 e. The molecule has 0 aromatic heterocycles. The Labute approximate surface area is 126 Å². The van der Waals surface area contributed by atoms with E-state index in [1.165, 1.54) is 7.11 Å². The van der Waals surface area contributed by atoms with E-state index in [9.17, 15) is 9.59 Å². The first-order valence-electron chi connectivity index (χ1n) is 7.40. The van der Waals surface area contributed by atoms with Gasteiger partial charge in [-0.15, -0.1) is 0 Å². The van der Waals surface area contributed by atoms with E-state index in [1.54, 1.807) is 4.90 Å². The van der Waals surface area contributed by atoms with Crippen LogP contribution in [0.25, 0.3) is 0 Å². The van der Waals surface area contributed by atoms with Crippen molar-refractivity contribution in [3.63, 3.8) is 0 Å². The van der Waals surface area contributed by atoms with Crippen molar-refractivity contribution in [2.75, 3.05) is 26.8 Å². The summed E-state index contributed by atoms with van der Waals surface area (Å²) >= 11 is 0. The molecule has 0 unspecified atom stereocenters. The summed E-state index contributed by atoms with van der Waals surface area (Å²) in [5.41, 5.74) is -0.843. The van der Waals surface area contributed by atoms with E-state index >= 15 is 0 Å². The highest BCUT2D eigenvalue weighted by Gasteiger charge is 2.37. The summed E-state index contributed by atoms with van der Waals surface area (Å²) in [4.78, 5) is 24.9. The Morgan fingerprint density at radius 1 is 1.19 bits per heavy atom. The van der Waals surface area contributed by atoms with Gasteiger partial charge in [-0.05, 0) is 40.0 Å². The van der Waals surface area contributed by atoms with Gasteiger partial charge in [0.15, 0.2) is 0 Å². The molecule has 0 N–H and O–H groups in total. The standard InChI is InChI=1S/C15H27NO5/c1-6-15(20-11-12(17)19-5)7-9-16(10-8-15)13(18)21-14(2,3)4/h6-11H2,1-5H3. The Balaban J connectivity index is 2.51. The minimum atomic E-state index is -0.488. The zero-order valence-electron chi connectivity index (χ0n) is 13.7. The van der Waals surface area contributed by atoms with E-state index in [-0.39, 0.29) is 24.3 Å². The predicted octanol–water partition coefficient (Wildman–Crippen LogP) is 2.36. The number of ether oxygens (including phenoxy) is 3. The van der Waals surface area contributed by atoms with E-state index in [4.69, 9.17) is 9.47 Å². The Morgan fingerprint density at radius 2 is 1.76 bits per heavy atom. The Hall–Kier alpha value is -1.30. The highest BCUT2D eigenvalue weighted by molar-refractivity contribution is 5.70. The molecule has 0 aromatic carbocycles. The number of esters is 1. The SMILES string of the molecule is CCC1(OCC(=O)OC)CCN(C(=O)OC(C)(C)C)CC1. The molecule has 1 heterocycles. The van der Waals surface area contributed by atoms with Crippen LogP contribution in [0.4, 0.5) is 4.79 Å². The van der Waals surface area contributed by atoms with Crippen LogP contribution >= 0.6 is 0 Å². The molecule has 0 aromatic rings. The lowest BCUT2D eigenvalue weighted by Crippen LogP contribution is -2.49. The zero-order valence-corrected chi connectivity index (χ0v) is 13.7. The van der Waals surface area contributed by atoms with Gasteiger partial charge in [-0.1, -0.05) is 6.92 Å². The lowest BCUT2D eigenvalue weighted by Gasteiger charge is -2.41. The fourth-order valence-electron chi connectivity index (χ4n) is 2.29. The summed E-state index contributed by atoms with van der Waals surface area (Å²) in [6.45, 7) is 8.69. The Kier molecular flexibility index (Phi) is 6.01. The maximum Gasteiger partial charge on any atom is 0.410 e. The highest BCUT2D eigenvalue weighted by Crippen LogP contribution is 2.30.